The van der Waals surface area contributed by atoms with Crippen LogP contribution in [0.5, 0.6) is 5.75 Å². The summed E-state index contributed by atoms with van der Waals surface area (Å²) >= 11 is 0. The number of ether oxygens (including phenoxy) is 1. The van der Waals surface area contributed by atoms with Gasteiger partial charge in [0.15, 0.2) is 6.10 Å². The highest BCUT2D eigenvalue weighted by Gasteiger charge is 2.43. The number of hydrogen-bond acceptors (Lipinski definition) is 4. The minimum atomic E-state index is -0.538. The van der Waals surface area contributed by atoms with E-state index in [0.717, 1.165) is 19.4 Å². The minimum Gasteiger partial charge on any atom is -0.479 e. The first-order valence-corrected chi connectivity index (χ1v) is 9.06. The van der Waals surface area contributed by atoms with Crippen LogP contribution in [0.4, 0.5) is 16.2 Å². The van der Waals surface area contributed by atoms with E-state index in [9.17, 15) is 9.59 Å². The molecule has 27 heavy (non-hydrogen) atoms. The number of amides is 3. The zero-order valence-corrected chi connectivity index (χ0v) is 15.4. The van der Waals surface area contributed by atoms with Crippen LogP contribution in [0.25, 0.3) is 0 Å². The van der Waals surface area contributed by atoms with E-state index in [-0.39, 0.29) is 17.4 Å². The summed E-state index contributed by atoms with van der Waals surface area (Å²) in [5.41, 5.74) is 1.42. The van der Waals surface area contributed by atoms with Gasteiger partial charge in [-0.25, -0.2) is 4.79 Å². The van der Waals surface area contributed by atoms with E-state index in [4.69, 9.17) is 4.74 Å². The van der Waals surface area contributed by atoms with Gasteiger partial charge in [0.2, 0.25) is 0 Å². The summed E-state index contributed by atoms with van der Waals surface area (Å²) in [7, 11) is 1.72. The Balaban J connectivity index is 1.35. The number of carbonyl (C=O) groups is 2. The molecule has 1 aliphatic heterocycles. The number of rotatable bonds is 5. The van der Waals surface area contributed by atoms with Gasteiger partial charge in [-0.05, 0) is 38.0 Å². The fourth-order valence-electron chi connectivity index (χ4n) is 3.34. The lowest BCUT2D eigenvalue weighted by Gasteiger charge is -2.30. The molecule has 2 aromatic rings. The fourth-order valence-corrected chi connectivity index (χ4v) is 3.34. The SMILES string of the molecule is C[C@@H]1Oc2cc(NC(=O)NCC3(Cn4cccn4)CC3)ccc2N(C)C1=O. The highest BCUT2D eigenvalue weighted by molar-refractivity contribution is 6.00. The largest absolute Gasteiger partial charge is 0.479 e. The van der Waals surface area contributed by atoms with Crippen LogP contribution in [0, 0.1) is 5.41 Å². The maximum absolute atomic E-state index is 12.3. The van der Waals surface area contributed by atoms with Crippen molar-refractivity contribution in [2.45, 2.75) is 32.4 Å². The Kier molecular flexibility index (Phi) is 4.25. The number of aromatic nitrogens is 2. The molecule has 1 aromatic carbocycles. The lowest BCUT2D eigenvalue weighted by molar-refractivity contribution is -0.125. The minimum absolute atomic E-state index is 0.0899. The quantitative estimate of drug-likeness (QED) is 0.846. The lowest BCUT2D eigenvalue weighted by atomic mass is 10.1. The molecule has 2 N–H and O–H groups in total. The second-order valence-electron chi connectivity index (χ2n) is 7.35. The molecule has 3 amide bonds. The molecule has 8 heteroatoms. The van der Waals surface area contributed by atoms with Crippen molar-refractivity contribution in [2.75, 3.05) is 23.8 Å². The first kappa shape index (κ1) is 17.4. The Labute approximate surface area is 157 Å². The molecule has 0 bridgehead atoms. The van der Waals surface area contributed by atoms with E-state index in [0.29, 0.717) is 23.7 Å². The van der Waals surface area contributed by atoms with Gasteiger partial charge in [0, 0.05) is 49.7 Å². The molecule has 1 saturated carbocycles. The van der Waals surface area contributed by atoms with Crippen LogP contribution in [0.1, 0.15) is 19.8 Å². The summed E-state index contributed by atoms with van der Waals surface area (Å²) in [6.45, 7) is 3.13. The monoisotopic (exact) mass is 369 g/mol. The van der Waals surface area contributed by atoms with Gasteiger partial charge in [0.05, 0.1) is 5.69 Å². The predicted molar refractivity (Wildman–Crippen MR) is 101 cm³/mol. The summed E-state index contributed by atoms with van der Waals surface area (Å²) in [6, 6.07) is 6.92. The second kappa shape index (κ2) is 6.61. The number of carbonyl (C=O) groups excluding carboxylic acids is 2. The van der Waals surface area contributed by atoms with Crippen molar-refractivity contribution >= 4 is 23.3 Å². The molecule has 1 aromatic heterocycles. The molecule has 8 nitrogen and oxygen atoms in total. The predicted octanol–water partition coefficient (Wildman–Crippen LogP) is 2.23. The van der Waals surface area contributed by atoms with Crippen molar-refractivity contribution < 1.29 is 14.3 Å². The van der Waals surface area contributed by atoms with Crippen LogP contribution in [0.2, 0.25) is 0 Å². The average molecular weight is 369 g/mol. The number of benzene rings is 1. The molecule has 1 atom stereocenters. The van der Waals surface area contributed by atoms with Crippen LogP contribution in [-0.4, -0.2) is 41.4 Å². The van der Waals surface area contributed by atoms with Crippen LogP contribution in [0.15, 0.2) is 36.7 Å². The normalized spacial score (nSPS) is 19.9. The van der Waals surface area contributed by atoms with Crippen molar-refractivity contribution in [3.63, 3.8) is 0 Å². The molecule has 0 unspecified atom stereocenters. The zero-order valence-electron chi connectivity index (χ0n) is 15.4. The fraction of sp³-hybridized carbons (Fsp3) is 0.421. The zero-order chi connectivity index (χ0) is 19.0. The van der Waals surface area contributed by atoms with Crippen LogP contribution in [0.3, 0.4) is 0 Å². The maximum atomic E-state index is 12.3. The van der Waals surface area contributed by atoms with Gasteiger partial charge in [0.1, 0.15) is 5.75 Å². The molecule has 0 saturated heterocycles. The summed E-state index contributed by atoms with van der Waals surface area (Å²) in [6.07, 6.45) is 5.33. The van der Waals surface area contributed by atoms with E-state index in [1.807, 2.05) is 16.9 Å². The van der Waals surface area contributed by atoms with Gasteiger partial charge in [-0.15, -0.1) is 0 Å². The van der Waals surface area contributed by atoms with Gasteiger partial charge < -0.3 is 20.3 Å². The van der Waals surface area contributed by atoms with Crippen molar-refractivity contribution in [1.29, 1.82) is 0 Å². The Hall–Kier alpha value is -3.03. The Bertz CT molecular complexity index is 860. The highest BCUT2D eigenvalue weighted by atomic mass is 16.5. The van der Waals surface area contributed by atoms with Crippen LogP contribution in [-0.2, 0) is 11.3 Å². The third kappa shape index (κ3) is 3.60. The molecular weight excluding hydrogens is 346 g/mol. The molecule has 1 aliphatic carbocycles. The third-order valence-corrected chi connectivity index (χ3v) is 5.20. The molecule has 1 fully saturated rings. The Morgan fingerprint density at radius 3 is 2.93 bits per heavy atom. The van der Waals surface area contributed by atoms with Crippen LogP contribution < -0.4 is 20.3 Å². The van der Waals surface area contributed by atoms with Crippen LogP contribution >= 0.6 is 0 Å². The smallest absolute Gasteiger partial charge is 0.319 e. The van der Waals surface area contributed by atoms with E-state index in [1.54, 1.807) is 43.3 Å². The topological polar surface area (TPSA) is 88.5 Å². The van der Waals surface area contributed by atoms with Gasteiger partial charge in [-0.2, -0.15) is 5.10 Å². The van der Waals surface area contributed by atoms with E-state index >= 15 is 0 Å². The van der Waals surface area contributed by atoms with E-state index in [2.05, 4.69) is 15.7 Å². The van der Waals surface area contributed by atoms with Gasteiger partial charge in [0.25, 0.3) is 5.91 Å². The van der Waals surface area contributed by atoms with Crippen molar-refractivity contribution in [3.05, 3.63) is 36.7 Å². The second-order valence-corrected chi connectivity index (χ2v) is 7.35. The lowest BCUT2D eigenvalue weighted by Crippen LogP contribution is -2.42. The molecule has 2 aliphatic rings. The summed E-state index contributed by atoms with van der Waals surface area (Å²) in [5, 5.41) is 10.0. The average Bonchev–Trinajstić information content (AvgIpc) is 3.21. The number of nitrogens with zero attached hydrogens (tertiary/aromatic N) is 3. The summed E-state index contributed by atoms with van der Waals surface area (Å²) < 4.78 is 7.56. The molecule has 2 heterocycles. The number of likely N-dealkylation sites (N-methyl/N-ethyl adjacent to an activating group) is 1. The third-order valence-electron chi connectivity index (χ3n) is 5.20. The van der Waals surface area contributed by atoms with Gasteiger partial charge >= 0.3 is 6.03 Å². The molecular formula is C19H23N5O3. The van der Waals surface area contributed by atoms with Crippen molar-refractivity contribution in [2.24, 2.45) is 5.41 Å². The van der Waals surface area contributed by atoms with E-state index < -0.39 is 6.10 Å². The standard InChI is InChI=1S/C19H23N5O3/c1-13-17(25)23(2)15-5-4-14(10-16(15)27-13)22-18(26)20-11-19(6-7-19)12-24-9-3-8-21-24/h3-5,8-10,13H,6-7,11-12H2,1-2H3,(H2,20,22,26)/t13-/m0/s1. The molecule has 0 radical (unpaired) electrons. The number of anilines is 2. The molecule has 0 spiro atoms. The Morgan fingerprint density at radius 2 is 2.22 bits per heavy atom. The van der Waals surface area contributed by atoms with Crippen molar-refractivity contribution in [1.82, 2.24) is 15.1 Å². The first-order valence-electron chi connectivity index (χ1n) is 9.06. The molecule has 4 rings (SSSR count). The summed E-state index contributed by atoms with van der Waals surface area (Å²) in [4.78, 5) is 25.8. The first-order chi connectivity index (χ1) is 13.0. The maximum Gasteiger partial charge on any atom is 0.319 e. The Morgan fingerprint density at radius 1 is 1.41 bits per heavy atom. The number of fused-ring (bicyclic) bond motifs is 1. The number of nitrogens with one attached hydrogen (secondary N) is 2. The molecule has 142 valence electrons. The number of urea groups is 1. The highest BCUT2D eigenvalue weighted by Crippen LogP contribution is 2.46. The van der Waals surface area contributed by atoms with Gasteiger partial charge in [-0.3, -0.25) is 9.48 Å². The summed E-state index contributed by atoms with van der Waals surface area (Å²) in [5.74, 6) is 0.493. The van der Waals surface area contributed by atoms with Gasteiger partial charge in [-0.1, -0.05) is 0 Å². The van der Waals surface area contributed by atoms with E-state index in [1.165, 1.54) is 0 Å². The van der Waals surface area contributed by atoms with Crippen molar-refractivity contribution in [3.8, 4) is 5.75 Å². The number of hydrogen-bond donors (Lipinski definition) is 2.